The van der Waals surface area contributed by atoms with Crippen LogP contribution in [0.4, 0.5) is 10.5 Å². The number of aromatic nitrogens is 4. The van der Waals surface area contributed by atoms with Crippen LogP contribution in [-0.4, -0.2) is 37.2 Å². The van der Waals surface area contributed by atoms with Gasteiger partial charge in [-0.15, -0.1) is 10.2 Å². The largest absolute Gasteiger partial charge is 0.359 e. The van der Waals surface area contributed by atoms with Crippen molar-refractivity contribution in [2.45, 2.75) is 20.0 Å². The molecular formula is C16H16N6O2. The van der Waals surface area contributed by atoms with Gasteiger partial charge in [0.2, 0.25) is 5.43 Å². The van der Waals surface area contributed by atoms with Crippen LogP contribution in [0.5, 0.6) is 0 Å². The number of H-pyrrole nitrogens is 1. The van der Waals surface area contributed by atoms with Gasteiger partial charge < -0.3 is 19.8 Å². The van der Waals surface area contributed by atoms with E-state index < -0.39 is 0 Å². The molecule has 0 unspecified atom stereocenters. The normalized spacial score (nSPS) is 13.8. The first kappa shape index (κ1) is 14.4. The van der Waals surface area contributed by atoms with Crippen LogP contribution in [0.2, 0.25) is 0 Å². The van der Waals surface area contributed by atoms with Gasteiger partial charge >= 0.3 is 6.03 Å². The van der Waals surface area contributed by atoms with Gasteiger partial charge in [0.25, 0.3) is 0 Å². The number of aryl methyl sites for hydroxylation is 1. The van der Waals surface area contributed by atoms with Crippen molar-refractivity contribution >= 4 is 22.6 Å². The van der Waals surface area contributed by atoms with E-state index in [0.29, 0.717) is 25.0 Å². The van der Waals surface area contributed by atoms with Crippen molar-refractivity contribution in [3.05, 3.63) is 52.3 Å². The first-order valence-corrected chi connectivity index (χ1v) is 7.66. The van der Waals surface area contributed by atoms with E-state index in [1.807, 2.05) is 29.7 Å². The lowest BCUT2D eigenvalue weighted by atomic mass is 10.1. The third-order valence-corrected chi connectivity index (χ3v) is 4.20. The summed E-state index contributed by atoms with van der Waals surface area (Å²) in [5.41, 5.74) is 1.78. The zero-order valence-electron chi connectivity index (χ0n) is 13.1. The summed E-state index contributed by atoms with van der Waals surface area (Å²) >= 11 is 0. The highest BCUT2D eigenvalue weighted by Crippen LogP contribution is 2.14. The van der Waals surface area contributed by atoms with Crippen LogP contribution in [0.15, 0.2) is 35.5 Å². The molecule has 0 aliphatic carbocycles. The van der Waals surface area contributed by atoms with Crippen molar-refractivity contribution in [2.24, 2.45) is 0 Å². The second-order valence-corrected chi connectivity index (χ2v) is 5.87. The number of nitrogens with zero attached hydrogens (tertiary/aromatic N) is 4. The Hall–Kier alpha value is -3.16. The van der Waals surface area contributed by atoms with E-state index in [4.69, 9.17) is 0 Å². The predicted molar refractivity (Wildman–Crippen MR) is 88.8 cm³/mol. The highest BCUT2D eigenvalue weighted by Gasteiger charge is 2.22. The Bertz CT molecular complexity index is 990. The average molecular weight is 324 g/mol. The number of carbonyl (C=O) groups excluding carboxylic acids is 1. The predicted octanol–water partition coefficient (Wildman–Crippen LogP) is 1.48. The number of amides is 2. The molecule has 0 radical (unpaired) electrons. The number of anilines is 1. The summed E-state index contributed by atoms with van der Waals surface area (Å²) in [5.74, 6) is 0.736. The minimum Gasteiger partial charge on any atom is -0.359 e. The zero-order chi connectivity index (χ0) is 16.7. The first-order valence-electron chi connectivity index (χ1n) is 7.66. The Morgan fingerprint density at radius 3 is 3.08 bits per heavy atom. The van der Waals surface area contributed by atoms with Crippen LogP contribution in [0.25, 0.3) is 10.9 Å². The quantitative estimate of drug-likeness (QED) is 0.708. The molecule has 2 amide bonds. The van der Waals surface area contributed by atoms with Crippen LogP contribution < -0.4 is 10.7 Å². The highest BCUT2D eigenvalue weighted by atomic mass is 16.2. The maximum Gasteiger partial charge on any atom is 0.322 e. The summed E-state index contributed by atoms with van der Waals surface area (Å²) < 4.78 is 1.91. The second kappa shape index (κ2) is 5.48. The van der Waals surface area contributed by atoms with E-state index >= 15 is 0 Å². The Kier molecular flexibility index (Phi) is 3.30. The van der Waals surface area contributed by atoms with Crippen molar-refractivity contribution in [3.63, 3.8) is 0 Å². The summed E-state index contributed by atoms with van der Waals surface area (Å²) in [6.45, 7) is 3.48. The molecule has 0 saturated carbocycles. The number of benzene rings is 1. The lowest BCUT2D eigenvalue weighted by molar-refractivity contribution is 0.195. The van der Waals surface area contributed by atoms with Gasteiger partial charge in [-0.1, -0.05) is 11.6 Å². The maximum atomic E-state index is 12.6. The van der Waals surface area contributed by atoms with E-state index in [1.165, 1.54) is 6.20 Å². The van der Waals surface area contributed by atoms with E-state index in [-0.39, 0.29) is 17.1 Å². The molecule has 4 rings (SSSR count). The van der Waals surface area contributed by atoms with Crippen LogP contribution in [0.1, 0.15) is 11.4 Å². The van der Waals surface area contributed by atoms with Gasteiger partial charge in [-0.05, 0) is 19.1 Å². The smallest absolute Gasteiger partial charge is 0.322 e. The number of fused-ring (bicyclic) bond motifs is 2. The Labute approximate surface area is 137 Å². The molecule has 0 atom stereocenters. The summed E-state index contributed by atoms with van der Waals surface area (Å²) in [6.07, 6.45) is 3.19. The molecule has 1 aromatic carbocycles. The summed E-state index contributed by atoms with van der Waals surface area (Å²) in [4.78, 5) is 29.7. The molecule has 2 N–H and O–H groups in total. The van der Waals surface area contributed by atoms with Gasteiger partial charge in [-0.3, -0.25) is 4.79 Å². The van der Waals surface area contributed by atoms with Crippen LogP contribution in [0.3, 0.4) is 0 Å². The molecule has 3 aromatic rings. The molecule has 24 heavy (non-hydrogen) atoms. The average Bonchev–Trinajstić information content (AvgIpc) is 3.05. The number of nitrogens with one attached hydrogen (secondary N) is 2. The van der Waals surface area contributed by atoms with Crippen LogP contribution in [-0.2, 0) is 13.1 Å². The number of rotatable bonds is 1. The fourth-order valence-electron chi connectivity index (χ4n) is 2.86. The van der Waals surface area contributed by atoms with Gasteiger partial charge in [0.15, 0.2) is 5.82 Å². The Balaban J connectivity index is 1.59. The van der Waals surface area contributed by atoms with Crippen molar-refractivity contribution in [1.29, 1.82) is 0 Å². The fourth-order valence-corrected chi connectivity index (χ4v) is 2.86. The van der Waals surface area contributed by atoms with Gasteiger partial charge in [-0.2, -0.15) is 0 Å². The van der Waals surface area contributed by atoms with E-state index in [1.54, 1.807) is 11.2 Å². The topological polar surface area (TPSA) is 95.9 Å². The minimum absolute atomic E-state index is 0.194. The van der Waals surface area contributed by atoms with Gasteiger partial charge in [0, 0.05) is 30.2 Å². The number of aromatic amines is 1. The number of urea groups is 1. The molecule has 3 heterocycles. The molecular weight excluding hydrogens is 308 g/mol. The molecule has 0 saturated heterocycles. The first-order chi connectivity index (χ1) is 11.6. The molecule has 1 aliphatic heterocycles. The van der Waals surface area contributed by atoms with Gasteiger partial charge in [0.1, 0.15) is 12.0 Å². The maximum absolute atomic E-state index is 12.6. The SMILES string of the molecule is Cc1ccc2[nH]cc(NC(=O)N3CCn4cnnc4C3)c(=O)c2c1. The molecule has 8 heteroatoms. The fraction of sp³-hybridized carbons (Fsp3) is 0.250. The standard InChI is InChI=1S/C16H16N6O2/c1-10-2-3-12-11(6-10)15(23)13(7-17-12)19-16(24)21-4-5-22-9-18-20-14(22)8-21/h2-3,6-7,9H,4-5,8H2,1H3,(H,17,23)(H,19,24). The summed E-state index contributed by atoms with van der Waals surface area (Å²) in [5, 5.41) is 11.1. The summed E-state index contributed by atoms with van der Waals surface area (Å²) in [7, 11) is 0. The highest BCUT2D eigenvalue weighted by molar-refractivity contribution is 5.92. The van der Waals surface area contributed by atoms with Gasteiger partial charge in [0.05, 0.1) is 6.54 Å². The second-order valence-electron chi connectivity index (χ2n) is 5.87. The number of carbonyl (C=O) groups is 1. The molecule has 0 bridgehead atoms. The molecule has 122 valence electrons. The van der Waals surface area contributed by atoms with Crippen molar-refractivity contribution in [3.8, 4) is 0 Å². The van der Waals surface area contributed by atoms with E-state index in [9.17, 15) is 9.59 Å². The van der Waals surface area contributed by atoms with Crippen LogP contribution in [0, 0.1) is 6.92 Å². The third kappa shape index (κ3) is 2.41. The van der Waals surface area contributed by atoms with Crippen molar-refractivity contribution in [1.82, 2.24) is 24.6 Å². The van der Waals surface area contributed by atoms with Crippen molar-refractivity contribution < 1.29 is 4.79 Å². The molecule has 0 spiro atoms. The third-order valence-electron chi connectivity index (χ3n) is 4.20. The van der Waals surface area contributed by atoms with Crippen molar-refractivity contribution in [2.75, 3.05) is 11.9 Å². The monoisotopic (exact) mass is 324 g/mol. The van der Waals surface area contributed by atoms with E-state index in [2.05, 4.69) is 20.5 Å². The lowest BCUT2D eigenvalue weighted by Gasteiger charge is -2.27. The lowest BCUT2D eigenvalue weighted by Crippen LogP contribution is -2.41. The summed E-state index contributed by atoms with van der Waals surface area (Å²) in [6, 6.07) is 5.28. The molecule has 1 aliphatic rings. The van der Waals surface area contributed by atoms with Gasteiger partial charge in [-0.25, -0.2) is 4.79 Å². The molecule has 8 nitrogen and oxygen atoms in total. The molecule has 0 fully saturated rings. The number of hydrogen-bond acceptors (Lipinski definition) is 4. The Morgan fingerprint density at radius 1 is 1.33 bits per heavy atom. The van der Waals surface area contributed by atoms with Crippen LogP contribution >= 0.6 is 0 Å². The van der Waals surface area contributed by atoms with E-state index in [0.717, 1.165) is 16.9 Å². The minimum atomic E-state index is -0.318. The number of pyridine rings is 1. The zero-order valence-corrected chi connectivity index (χ0v) is 13.1. The Morgan fingerprint density at radius 2 is 2.21 bits per heavy atom. The number of hydrogen-bond donors (Lipinski definition) is 2. The molecule has 2 aromatic heterocycles.